The number of halogens is 1. The van der Waals surface area contributed by atoms with Gasteiger partial charge < -0.3 is 14.8 Å². The normalized spacial score (nSPS) is 10.2. The predicted molar refractivity (Wildman–Crippen MR) is 77.0 cm³/mol. The molecule has 0 saturated carbocycles. The number of ether oxygens (including phenoxy) is 2. The average molecular weight is 286 g/mol. The van der Waals surface area contributed by atoms with Crippen molar-refractivity contribution >= 4 is 23.2 Å². The highest BCUT2D eigenvalue weighted by molar-refractivity contribution is 6.17. The summed E-state index contributed by atoms with van der Waals surface area (Å²) in [6.45, 7) is 1.03. The van der Waals surface area contributed by atoms with Crippen molar-refractivity contribution in [1.29, 1.82) is 0 Å². The monoisotopic (exact) mass is 285 g/mol. The highest BCUT2D eigenvalue weighted by Crippen LogP contribution is 2.17. The average Bonchev–Trinajstić information content (AvgIpc) is 2.40. The molecular weight excluding hydrogens is 266 g/mol. The van der Waals surface area contributed by atoms with Crippen molar-refractivity contribution in [3.05, 3.63) is 24.3 Å². The van der Waals surface area contributed by atoms with Crippen LogP contribution >= 0.6 is 11.6 Å². The molecule has 1 N–H and O–H groups in total. The molecular formula is C14H20ClNO3. The number of nitrogens with one attached hydrogen (secondary N) is 1. The van der Waals surface area contributed by atoms with Crippen molar-refractivity contribution in [2.75, 3.05) is 31.5 Å². The summed E-state index contributed by atoms with van der Waals surface area (Å²) in [5, 5.41) is 2.84. The Morgan fingerprint density at radius 3 is 2.89 bits per heavy atom. The van der Waals surface area contributed by atoms with Crippen molar-refractivity contribution < 1.29 is 14.3 Å². The van der Waals surface area contributed by atoms with Crippen LogP contribution in [0.2, 0.25) is 0 Å². The van der Waals surface area contributed by atoms with E-state index in [1.165, 1.54) is 0 Å². The molecule has 1 aromatic rings. The molecule has 1 amide bonds. The third-order valence-corrected chi connectivity index (χ3v) is 2.73. The molecule has 4 nitrogen and oxygen atoms in total. The number of methoxy groups -OCH3 is 1. The summed E-state index contributed by atoms with van der Waals surface area (Å²) >= 11 is 5.57. The van der Waals surface area contributed by atoms with Gasteiger partial charge in [0.2, 0.25) is 5.91 Å². The molecule has 0 aliphatic carbocycles. The summed E-state index contributed by atoms with van der Waals surface area (Å²) in [6.07, 6.45) is 2.15. The fourth-order valence-electron chi connectivity index (χ4n) is 1.51. The molecule has 0 heterocycles. The van der Waals surface area contributed by atoms with Crippen molar-refractivity contribution in [2.24, 2.45) is 0 Å². The number of alkyl halides is 1. The molecule has 19 heavy (non-hydrogen) atoms. The van der Waals surface area contributed by atoms with Gasteiger partial charge in [0, 0.05) is 31.2 Å². The summed E-state index contributed by atoms with van der Waals surface area (Å²) in [4.78, 5) is 11.6. The predicted octanol–water partition coefficient (Wildman–Crippen LogP) is 3.06. The first-order valence-electron chi connectivity index (χ1n) is 6.34. The Bertz CT molecular complexity index is 385. The van der Waals surface area contributed by atoms with Crippen LogP contribution in [0.25, 0.3) is 0 Å². The number of hydrogen-bond donors (Lipinski definition) is 1. The molecule has 0 aliphatic rings. The lowest BCUT2D eigenvalue weighted by Gasteiger charge is -2.08. The van der Waals surface area contributed by atoms with Crippen molar-refractivity contribution in [2.45, 2.75) is 19.3 Å². The van der Waals surface area contributed by atoms with Gasteiger partial charge in [0.1, 0.15) is 12.4 Å². The lowest BCUT2D eigenvalue weighted by Crippen LogP contribution is -2.11. The van der Waals surface area contributed by atoms with E-state index in [0.717, 1.165) is 24.3 Å². The Labute approximate surface area is 119 Å². The zero-order chi connectivity index (χ0) is 13.9. The van der Waals surface area contributed by atoms with Crippen LogP contribution in [-0.4, -0.2) is 32.1 Å². The molecule has 0 atom stereocenters. The summed E-state index contributed by atoms with van der Waals surface area (Å²) in [6, 6.07) is 7.33. The van der Waals surface area contributed by atoms with E-state index in [4.69, 9.17) is 21.1 Å². The maximum absolute atomic E-state index is 11.6. The number of carbonyl (C=O) groups is 1. The van der Waals surface area contributed by atoms with E-state index < -0.39 is 0 Å². The zero-order valence-corrected chi connectivity index (χ0v) is 11.9. The fourth-order valence-corrected chi connectivity index (χ4v) is 1.70. The van der Waals surface area contributed by atoms with Gasteiger partial charge in [-0.05, 0) is 25.0 Å². The molecule has 0 unspecified atom stereocenters. The van der Waals surface area contributed by atoms with E-state index in [9.17, 15) is 4.79 Å². The first-order chi connectivity index (χ1) is 9.26. The van der Waals surface area contributed by atoms with Crippen LogP contribution in [0.1, 0.15) is 19.3 Å². The van der Waals surface area contributed by atoms with Crippen molar-refractivity contribution in [3.63, 3.8) is 0 Å². The molecule has 0 spiro atoms. The highest BCUT2D eigenvalue weighted by atomic mass is 35.5. The minimum absolute atomic E-state index is 0.000779. The number of hydrogen-bond acceptors (Lipinski definition) is 3. The molecule has 1 rings (SSSR count). The Kier molecular flexibility index (Phi) is 8.02. The number of amides is 1. The van der Waals surface area contributed by atoms with Gasteiger partial charge in [-0.2, -0.15) is 0 Å². The molecule has 0 fully saturated rings. The summed E-state index contributed by atoms with van der Waals surface area (Å²) in [7, 11) is 1.63. The zero-order valence-electron chi connectivity index (χ0n) is 11.2. The maximum atomic E-state index is 11.6. The summed E-state index contributed by atoms with van der Waals surface area (Å²) in [5.41, 5.74) is 0.741. The van der Waals surface area contributed by atoms with Gasteiger partial charge in [-0.3, -0.25) is 4.79 Å². The lowest BCUT2D eigenvalue weighted by molar-refractivity contribution is -0.116. The number of anilines is 1. The van der Waals surface area contributed by atoms with E-state index in [0.29, 0.717) is 25.5 Å². The van der Waals surface area contributed by atoms with Crippen LogP contribution in [0.3, 0.4) is 0 Å². The van der Waals surface area contributed by atoms with E-state index in [-0.39, 0.29) is 5.91 Å². The molecule has 5 heteroatoms. The van der Waals surface area contributed by atoms with Crippen LogP contribution in [0.4, 0.5) is 5.69 Å². The molecule has 0 saturated heterocycles. The highest BCUT2D eigenvalue weighted by Gasteiger charge is 2.03. The Balaban J connectivity index is 2.40. The summed E-state index contributed by atoms with van der Waals surface area (Å²) < 4.78 is 10.4. The largest absolute Gasteiger partial charge is 0.491 e. The third kappa shape index (κ3) is 7.03. The van der Waals surface area contributed by atoms with E-state index in [1.54, 1.807) is 13.2 Å². The topological polar surface area (TPSA) is 47.6 Å². The smallest absolute Gasteiger partial charge is 0.224 e. The second-order valence-corrected chi connectivity index (χ2v) is 4.44. The molecule has 0 aromatic heterocycles. The quantitative estimate of drug-likeness (QED) is 0.560. The van der Waals surface area contributed by atoms with E-state index in [2.05, 4.69) is 5.32 Å². The van der Waals surface area contributed by atoms with Gasteiger partial charge in [0.05, 0.1) is 6.61 Å². The van der Waals surface area contributed by atoms with Crippen LogP contribution in [-0.2, 0) is 9.53 Å². The van der Waals surface area contributed by atoms with Gasteiger partial charge >= 0.3 is 0 Å². The van der Waals surface area contributed by atoms with Gasteiger partial charge in [0.25, 0.3) is 0 Å². The molecule has 1 aromatic carbocycles. The second-order valence-electron chi connectivity index (χ2n) is 4.06. The van der Waals surface area contributed by atoms with E-state index in [1.807, 2.05) is 18.2 Å². The van der Waals surface area contributed by atoms with Crippen LogP contribution < -0.4 is 10.1 Å². The lowest BCUT2D eigenvalue weighted by atomic mass is 10.2. The second kappa shape index (κ2) is 9.64. The SMILES string of the molecule is COCCOc1cccc(NC(=O)CCCCCl)c1. The Morgan fingerprint density at radius 2 is 2.16 bits per heavy atom. The van der Waals surface area contributed by atoms with Crippen LogP contribution in [0.5, 0.6) is 5.75 Å². The molecule has 0 bridgehead atoms. The van der Waals surface area contributed by atoms with E-state index >= 15 is 0 Å². The minimum Gasteiger partial charge on any atom is -0.491 e. The number of rotatable bonds is 9. The summed E-state index contributed by atoms with van der Waals surface area (Å²) in [5.74, 6) is 1.31. The van der Waals surface area contributed by atoms with Gasteiger partial charge in [0.15, 0.2) is 0 Å². The maximum Gasteiger partial charge on any atom is 0.224 e. The Morgan fingerprint density at radius 1 is 1.32 bits per heavy atom. The number of unbranched alkanes of at least 4 members (excludes halogenated alkanes) is 1. The molecule has 0 radical (unpaired) electrons. The number of carbonyl (C=O) groups excluding carboxylic acids is 1. The standard InChI is InChI=1S/C14H20ClNO3/c1-18-9-10-19-13-6-4-5-12(11-13)16-14(17)7-2-3-8-15/h4-6,11H,2-3,7-10H2,1H3,(H,16,17). The van der Waals surface area contributed by atoms with Gasteiger partial charge in [-0.15, -0.1) is 11.6 Å². The third-order valence-electron chi connectivity index (χ3n) is 2.46. The van der Waals surface area contributed by atoms with Crippen molar-refractivity contribution in [3.8, 4) is 5.75 Å². The van der Waals surface area contributed by atoms with Crippen LogP contribution in [0, 0.1) is 0 Å². The van der Waals surface area contributed by atoms with Gasteiger partial charge in [-0.1, -0.05) is 6.07 Å². The molecule has 0 aliphatic heterocycles. The Hall–Kier alpha value is -1.26. The fraction of sp³-hybridized carbons (Fsp3) is 0.500. The number of benzene rings is 1. The minimum atomic E-state index is -0.000779. The van der Waals surface area contributed by atoms with Crippen LogP contribution in [0.15, 0.2) is 24.3 Å². The first kappa shape index (κ1) is 15.8. The first-order valence-corrected chi connectivity index (χ1v) is 6.87. The molecule has 106 valence electrons. The van der Waals surface area contributed by atoms with Crippen molar-refractivity contribution in [1.82, 2.24) is 0 Å². The van der Waals surface area contributed by atoms with Gasteiger partial charge in [-0.25, -0.2) is 0 Å².